The number of ketones is 1. The van der Waals surface area contributed by atoms with E-state index in [4.69, 9.17) is 4.74 Å². The molecule has 0 saturated carbocycles. The van der Waals surface area contributed by atoms with E-state index in [1.54, 1.807) is 38.1 Å². The van der Waals surface area contributed by atoms with Gasteiger partial charge in [0.15, 0.2) is 11.9 Å². The standard InChI is InChI=1S/C17H21NO5/c1-11(19)13-5-4-6-14(9-13)23-12(2)15(20)18-8-7-17(3,10-18)16(21)22/h4-6,9,12H,7-8,10H2,1-3H3,(H,21,22). The average Bonchev–Trinajstić information content (AvgIpc) is 2.90. The molecule has 1 saturated heterocycles. The van der Waals surface area contributed by atoms with E-state index in [0.29, 0.717) is 24.3 Å². The van der Waals surface area contributed by atoms with Crippen LogP contribution in [-0.2, 0) is 9.59 Å². The molecule has 0 aliphatic carbocycles. The third kappa shape index (κ3) is 3.70. The SMILES string of the molecule is CC(=O)c1cccc(OC(C)C(=O)N2CCC(C)(C(=O)O)C2)c1. The van der Waals surface area contributed by atoms with Crippen molar-refractivity contribution in [2.75, 3.05) is 13.1 Å². The first kappa shape index (κ1) is 17.0. The Morgan fingerprint density at radius 3 is 2.61 bits per heavy atom. The number of carbonyl (C=O) groups is 3. The summed E-state index contributed by atoms with van der Waals surface area (Å²) in [4.78, 5) is 36.6. The van der Waals surface area contributed by atoms with E-state index >= 15 is 0 Å². The zero-order chi connectivity index (χ0) is 17.2. The fourth-order valence-corrected chi connectivity index (χ4v) is 2.62. The van der Waals surface area contributed by atoms with Gasteiger partial charge in [-0.15, -0.1) is 0 Å². The number of nitrogens with zero attached hydrogens (tertiary/aromatic N) is 1. The number of hydrogen-bond donors (Lipinski definition) is 1. The highest BCUT2D eigenvalue weighted by Gasteiger charge is 2.43. The number of amides is 1. The number of hydrogen-bond acceptors (Lipinski definition) is 4. The van der Waals surface area contributed by atoms with Gasteiger partial charge >= 0.3 is 5.97 Å². The molecular formula is C17H21NO5. The second-order valence-electron chi connectivity index (χ2n) is 6.22. The van der Waals surface area contributed by atoms with Gasteiger partial charge in [-0.25, -0.2) is 0 Å². The first-order valence-electron chi connectivity index (χ1n) is 7.53. The zero-order valence-corrected chi connectivity index (χ0v) is 13.5. The van der Waals surface area contributed by atoms with Crippen LogP contribution in [0.15, 0.2) is 24.3 Å². The summed E-state index contributed by atoms with van der Waals surface area (Å²) in [6.07, 6.45) is -0.311. The zero-order valence-electron chi connectivity index (χ0n) is 13.5. The third-order valence-corrected chi connectivity index (χ3v) is 4.20. The summed E-state index contributed by atoms with van der Waals surface area (Å²) in [5, 5.41) is 9.23. The van der Waals surface area contributed by atoms with Crippen molar-refractivity contribution in [1.29, 1.82) is 0 Å². The van der Waals surface area contributed by atoms with E-state index in [9.17, 15) is 19.5 Å². The number of likely N-dealkylation sites (tertiary alicyclic amines) is 1. The Morgan fingerprint density at radius 2 is 2.04 bits per heavy atom. The molecule has 1 N–H and O–H groups in total. The molecule has 2 atom stereocenters. The van der Waals surface area contributed by atoms with Crippen molar-refractivity contribution < 1.29 is 24.2 Å². The topological polar surface area (TPSA) is 83.9 Å². The molecule has 23 heavy (non-hydrogen) atoms. The predicted octanol–water partition coefficient (Wildman–Crippen LogP) is 1.98. The predicted molar refractivity (Wildman–Crippen MR) is 83.5 cm³/mol. The van der Waals surface area contributed by atoms with Crippen LogP contribution in [0.4, 0.5) is 0 Å². The van der Waals surface area contributed by atoms with E-state index in [2.05, 4.69) is 0 Å². The van der Waals surface area contributed by atoms with Crippen molar-refractivity contribution in [2.24, 2.45) is 5.41 Å². The van der Waals surface area contributed by atoms with E-state index in [-0.39, 0.29) is 18.2 Å². The molecule has 1 fully saturated rings. The van der Waals surface area contributed by atoms with E-state index in [1.165, 1.54) is 11.8 Å². The number of carboxylic acids is 1. The van der Waals surface area contributed by atoms with Gasteiger partial charge < -0.3 is 14.7 Å². The van der Waals surface area contributed by atoms with Gasteiger partial charge in [0, 0.05) is 18.7 Å². The van der Waals surface area contributed by atoms with Crippen LogP contribution in [0.1, 0.15) is 37.6 Å². The third-order valence-electron chi connectivity index (χ3n) is 4.20. The number of carboxylic acid groups (broad SMARTS) is 1. The molecule has 1 aromatic rings. The summed E-state index contributed by atoms with van der Waals surface area (Å²) in [5.41, 5.74) is -0.383. The highest BCUT2D eigenvalue weighted by molar-refractivity contribution is 5.94. The second kappa shape index (κ2) is 6.40. The van der Waals surface area contributed by atoms with Crippen molar-refractivity contribution in [2.45, 2.75) is 33.3 Å². The number of aliphatic carboxylic acids is 1. The minimum absolute atomic E-state index is 0.0776. The lowest BCUT2D eigenvalue weighted by atomic mass is 9.90. The fourth-order valence-electron chi connectivity index (χ4n) is 2.62. The molecule has 1 heterocycles. The maximum absolute atomic E-state index is 12.4. The van der Waals surface area contributed by atoms with Gasteiger partial charge in [-0.3, -0.25) is 14.4 Å². The minimum atomic E-state index is -0.899. The van der Waals surface area contributed by atoms with Crippen molar-refractivity contribution in [3.63, 3.8) is 0 Å². The van der Waals surface area contributed by atoms with Crippen LogP contribution in [-0.4, -0.2) is 46.9 Å². The molecule has 2 rings (SSSR count). The summed E-state index contributed by atoms with van der Waals surface area (Å²) in [5.74, 6) is -0.774. The minimum Gasteiger partial charge on any atom is -0.481 e. The van der Waals surface area contributed by atoms with Crippen LogP contribution in [0.2, 0.25) is 0 Å². The van der Waals surface area contributed by atoms with Gasteiger partial charge in [-0.05, 0) is 39.3 Å². The molecule has 0 aromatic heterocycles. The lowest BCUT2D eigenvalue weighted by Gasteiger charge is -2.23. The second-order valence-corrected chi connectivity index (χ2v) is 6.22. The summed E-state index contributed by atoms with van der Waals surface area (Å²) < 4.78 is 5.62. The van der Waals surface area contributed by atoms with Gasteiger partial charge in [0.25, 0.3) is 5.91 Å². The summed E-state index contributed by atoms with van der Waals surface area (Å²) in [6.45, 7) is 5.32. The van der Waals surface area contributed by atoms with Crippen LogP contribution < -0.4 is 4.74 Å². The van der Waals surface area contributed by atoms with Crippen LogP contribution in [0.3, 0.4) is 0 Å². The molecule has 0 radical (unpaired) electrons. The Hall–Kier alpha value is -2.37. The Kier molecular flexibility index (Phi) is 4.73. The van der Waals surface area contributed by atoms with Crippen LogP contribution >= 0.6 is 0 Å². The molecule has 1 aliphatic rings. The Balaban J connectivity index is 2.02. The van der Waals surface area contributed by atoms with E-state index in [1.807, 2.05) is 0 Å². The quantitative estimate of drug-likeness (QED) is 0.839. The molecule has 6 nitrogen and oxygen atoms in total. The highest BCUT2D eigenvalue weighted by atomic mass is 16.5. The maximum atomic E-state index is 12.4. The van der Waals surface area contributed by atoms with Gasteiger partial charge in [0.05, 0.1) is 5.41 Å². The van der Waals surface area contributed by atoms with Crippen molar-refractivity contribution in [3.05, 3.63) is 29.8 Å². The van der Waals surface area contributed by atoms with Gasteiger partial charge in [-0.2, -0.15) is 0 Å². The lowest BCUT2D eigenvalue weighted by Crippen LogP contribution is -2.41. The summed E-state index contributed by atoms with van der Waals surface area (Å²) in [7, 11) is 0. The van der Waals surface area contributed by atoms with Crippen LogP contribution in [0, 0.1) is 5.41 Å². The molecule has 0 bridgehead atoms. The van der Waals surface area contributed by atoms with E-state index < -0.39 is 17.5 Å². The first-order valence-corrected chi connectivity index (χ1v) is 7.53. The molecule has 0 spiro atoms. The summed E-state index contributed by atoms with van der Waals surface area (Å²) >= 11 is 0. The normalized spacial score (nSPS) is 21.8. The average molecular weight is 319 g/mol. The largest absolute Gasteiger partial charge is 0.481 e. The van der Waals surface area contributed by atoms with Gasteiger partial charge in [0.1, 0.15) is 5.75 Å². The number of benzene rings is 1. The fraction of sp³-hybridized carbons (Fsp3) is 0.471. The van der Waals surface area contributed by atoms with Gasteiger partial charge in [0.2, 0.25) is 0 Å². The molecule has 1 aromatic carbocycles. The van der Waals surface area contributed by atoms with Crippen molar-refractivity contribution in [3.8, 4) is 5.75 Å². The molecule has 1 amide bonds. The highest BCUT2D eigenvalue weighted by Crippen LogP contribution is 2.30. The maximum Gasteiger partial charge on any atom is 0.311 e. The Bertz CT molecular complexity index is 642. The Labute approximate surface area is 135 Å². The van der Waals surface area contributed by atoms with Gasteiger partial charge in [-0.1, -0.05) is 12.1 Å². The van der Waals surface area contributed by atoms with E-state index in [0.717, 1.165) is 0 Å². The Morgan fingerprint density at radius 1 is 1.35 bits per heavy atom. The number of Topliss-reactive ketones (excluding diaryl/α,β-unsaturated/α-hetero) is 1. The number of ether oxygens (including phenoxy) is 1. The first-order chi connectivity index (χ1) is 10.7. The number of carbonyl (C=O) groups excluding carboxylic acids is 2. The molecule has 6 heteroatoms. The van der Waals surface area contributed by atoms with Crippen LogP contribution in [0.5, 0.6) is 5.75 Å². The van der Waals surface area contributed by atoms with Crippen molar-refractivity contribution in [1.82, 2.24) is 4.90 Å². The molecule has 1 aliphatic heterocycles. The number of rotatable bonds is 5. The lowest BCUT2D eigenvalue weighted by molar-refractivity contribution is -0.147. The van der Waals surface area contributed by atoms with Crippen LogP contribution in [0.25, 0.3) is 0 Å². The van der Waals surface area contributed by atoms with Crippen molar-refractivity contribution >= 4 is 17.7 Å². The molecule has 2 unspecified atom stereocenters. The molecular weight excluding hydrogens is 298 g/mol. The summed E-state index contributed by atoms with van der Waals surface area (Å²) in [6, 6.07) is 6.65. The molecule has 124 valence electrons. The smallest absolute Gasteiger partial charge is 0.311 e. The monoisotopic (exact) mass is 319 g/mol.